The van der Waals surface area contributed by atoms with Crippen molar-refractivity contribution in [2.24, 2.45) is 0 Å². The first-order valence-corrected chi connectivity index (χ1v) is 19.9. The summed E-state index contributed by atoms with van der Waals surface area (Å²) in [6.07, 6.45) is 0. The highest BCUT2D eigenvalue weighted by molar-refractivity contribution is 6.09. The van der Waals surface area contributed by atoms with Crippen molar-refractivity contribution in [3.8, 4) is 84.4 Å². The molecule has 0 aliphatic carbocycles. The molecule has 4 heteroatoms. The number of para-hydroxylation sites is 2. The lowest BCUT2D eigenvalue weighted by Crippen LogP contribution is -2.04. The molecule has 11 aromatic rings. The van der Waals surface area contributed by atoms with Crippen molar-refractivity contribution in [2.45, 2.75) is 0 Å². The second kappa shape index (κ2) is 15.5. The Morgan fingerprint density at radius 1 is 0.311 bits per heavy atom. The minimum Gasteiger partial charge on any atom is -0.309 e. The lowest BCUT2D eigenvalue weighted by Gasteiger charge is -2.17. The van der Waals surface area contributed by atoms with Crippen molar-refractivity contribution in [1.29, 1.82) is 0 Å². The van der Waals surface area contributed by atoms with E-state index in [4.69, 9.17) is 23.2 Å². The summed E-state index contributed by atoms with van der Waals surface area (Å²) < 4.78 is 73.6. The van der Waals surface area contributed by atoms with Crippen LogP contribution in [0.4, 0.5) is 0 Å². The molecule has 11 rings (SSSR count). The molecule has 61 heavy (non-hydrogen) atoms. The van der Waals surface area contributed by atoms with Gasteiger partial charge in [-0.3, -0.25) is 0 Å². The van der Waals surface area contributed by atoms with Gasteiger partial charge in [-0.15, -0.1) is 0 Å². The molecule has 9 aromatic carbocycles. The standard InChI is InChI=1S/C57H38N4/c1-5-17-39(18-6-1)42-29-31-44(32-30-42)56-58-55(43-23-11-4-12-24-43)59-57(60-56)51-38-45(33-34-54(51)61-52-27-15-13-25-49(52)50-26-14-16-28-53(50)61)48-36-46(40-19-7-2-8-20-40)35-47(37-48)41-21-9-3-10-22-41/h1-38H/i13D,14D,15D,16D,25D,26D,27D,28D. The Balaban J connectivity index is 1.24. The zero-order chi connectivity index (χ0) is 47.5. The predicted octanol–water partition coefficient (Wildman–Crippen LogP) is 14.6. The Kier molecular flexibility index (Phi) is 7.19. The molecule has 2 aromatic heterocycles. The van der Waals surface area contributed by atoms with Gasteiger partial charge in [0.15, 0.2) is 17.5 Å². The van der Waals surface area contributed by atoms with E-state index in [0.717, 1.165) is 55.6 Å². The fourth-order valence-corrected chi connectivity index (χ4v) is 7.92. The Labute approximate surface area is 366 Å². The number of nitrogens with zero attached hydrogens (tertiary/aromatic N) is 4. The van der Waals surface area contributed by atoms with E-state index in [-0.39, 0.29) is 27.6 Å². The molecule has 286 valence electrons. The summed E-state index contributed by atoms with van der Waals surface area (Å²) in [6, 6.07) is 56.2. The molecule has 2 heterocycles. The van der Waals surface area contributed by atoms with Crippen LogP contribution < -0.4 is 0 Å². The van der Waals surface area contributed by atoms with E-state index in [1.54, 1.807) is 0 Å². The Hall–Kier alpha value is -8.21. The largest absolute Gasteiger partial charge is 0.309 e. The van der Waals surface area contributed by atoms with Crippen LogP contribution in [0.3, 0.4) is 0 Å². The fraction of sp³-hybridized carbons (Fsp3) is 0. The molecule has 0 amide bonds. The van der Waals surface area contributed by atoms with Gasteiger partial charge in [-0.1, -0.05) is 188 Å². The third-order valence-corrected chi connectivity index (χ3v) is 10.9. The van der Waals surface area contributed by atoms with Crippen LogP contribution in [0.25, 0.3) is 106 Å². The van der Waals surface area contributed by atoms with E-state index < -0.39 is 48.3 Å². The molecular formula is C57H38N4. The summed E-state index contributed by atoms with van der Waals surface area (Å²) in [5, 5.41) is -0.0539. The highest BCUT2D eigenvalue weighted by Gasteiger charge is 2.21. The van der Waals surface area contributed by atoms with Gasteiger partial charge < -0.3 is 4.57 Å². The van der Waals surface area contributed by atoms with Crippen molar-refractivity contribution in [2.75, 3.05) is 0 Å². The SMILES string of the molecule is [2H]c1c([2H])c([2H])c2c(c1[2H])c1c([2H])c([2H])c([2H])c([2H])c1n2-c1ccc(-c2cc(-c3ccccc3)cc(-c3ccccc3)c2)cc1-c1nc(-c2ccccc2)nc(-c2ccc(-c3ccccc3)cc2)n1. The number of fused-ring (bicyclic) bond motifs is 3. The average Bonchev–Trinajstić information content (AvgIpc) is 3.78. The molecule has 0 saturated carbocycles. The van der Waals surface area contributed by atoms with Crippen molar-refractivity contribution in [1.82, 2.24) is 19.5 Å². The summed E-state index contributed by atoms with van der Waals surface area (Å²) in [7, 11) is 0. The van der Waals surface area contributed by atoms with Gasteiger partial charge in [0.2, 0.25) is 0 Å². The Bertz CT molecular complexity index is 3660. The van der Waals surface area contributed by atoms with E-state index in [1.165, 1.54) is 4.57 Å². The molecule has 0 aliphatic rings. The number of benzene rings is 9. The van der Waals surface area contributed by atoms with E-state index in [9.17, 15) is 2.74 Å². The molecule has 0 fully saturated rings. The van der Waals surface area contributed by atoms with E-state index >= 15 is 0 Å². The topological polar surface area (TPSA) is 43.6 Å². The summed E-state index contributed by atoms with van der Waals surface area (Å²) in [5.74, 6) is 0.975. The second-order valence-corrected chi connectivity index (χ2v) is 14.7. The first-order chi connectivity index (χ1) is 33.5. The molecule has 0 bridgehead atoms. The number of aromatic nitrogens is 4. The molecule has 0 atom stereocenters. The van der Waals surface area contributed by atoms with Gasteiger partial charge in [-0.2, -0.15) is 0 Å². The smallest absolute Gasteiger partial charge is 0.166 e. The third kappa shape index (κ3) is 6.86. The third-order valence-electron chi connectivity index (χ3n) is 10.9. The maximum Gasteiger partial charge on any atom is 0.166 e. The van der Waals surface area contributed by atoms with E-state index in [0.29, 0.717) is 22.9 Å². The average molecular weight is 787 g/mol. The second-order valence-electron chi connectivity index (χ2n) is 14.7. The maximum atomic E-state index is 9.36. The Morgan fingerprint density at radius 2 is 0.672 bits per heavy atom. The summed E-state index contributed by atoms with van der Waals surface area (Å²) >= 11 is 0. The van der Waals surface area contributed by atoms with Crippen molar-refractivity contribution < 1.29 is 11.0 Å². The molecule has 0 radical (unpaired) electrons. The van der Waals surface area contributed by atoms with Crippen LogP contribution in [0.5, 0.6) is 0 Å². The highest BCUT2D eigenvalue weighted by Crippen LogP contribution is 2.40. The highest BCUT2D eigenvalue weighted by atomic mass is 15.1. The van der Waals surface area contributed by atoms with Gasteiger partial charge in [0, 0.05) is 27.5 Å². The zero-order valence-electron chi connectivity index (χ0n) is 40.6. The summed E-state index contributed by atoms with van der Waals surface area (Å²) in [5.41, 5.74) is 9.88. The quantitative estimate of drug-likeness (QED) is 0.154. The van der Waals surface area contributed by atoms with Crippen molar-refractivity contribution in [3.63, 3.8) is 0 Å². The minimum atomic E-state index is -0.519. The van der Waals surface area contributed by atoms with Crippen LogP contribution in [-0.4, -0.2) is 19.5 Å². The van der Waals surface area contributed by atoms with Gasteiger partial charge in [-0.25, -0.2) is 15.0 Å². The van der Waals surface area contributed by atoms with Crippen LogP contribution >= 0.6 is 0 Å². The van der Waals surface area contributed by atoms with Gasteiger partial charge in [-0.05, 0) is 86.9 Å². The van der Waals surface area contributed by atoms with E-state index in [2.05, 4.69) is 42.5 Å². The lowest BCUT2D eigenvalue weighted by atomic mass is 9.92. The molecule has 0 unspecified atom stereocenters. The predicted molar refractivity (Wildman–Crippen MR) is 252 cm³/mol. The van der Waals surface area contributed by atoms with Crippen LogP contribution in [0.1, 0.15) is 11.0 Å². The molecule has 0 aliphatic heterocycles. The molecule has 0 saturated heterocycles. The van der Waals surface area contributed by atoms with Crippen molar-refractivity contribution in [3.05, 3.63) is 230 Å². The van der Waals surface area contributed by atoms with Crippen LogP contribution in [0, 0.1) is 0 Å². The van der Waals surface area contributed by atoms with Gasteiger partial charge in [0.05, 0.1) is 27.7 Å². The van der Waals surface area contributed by atoms with Gasteiger partial charge >= 0.3 is 0 Å². The van der Waals surface area contributed by atoms with Gasteiger partial charge in [0.1, 0.15) is 0 Å². The van der Waals surface area contributed by atoms with Crippen LogP contribution in [0.15, 0.2) is 230 Å². The monoisotopic (exact) mass is 786 g/mol. The molecular weight excluding hydrogens is 741 g/mol. The summed E-state index contributed by atoms with van der Waals surface area (Å²) in [4.78, 5) is 15.4. The molecule has 0 N–H and O–H groups in total. The van der Waals surface area contributed by atoms with Crippen LogP contribution in [-0.2, 0) is 0 Å². The first kappa shape index (κ1) is 28.3. The first-order valence-electron chi connectivity index (χ1n) is 23.9. The summed E-state index contributed by atoms with van der Waals surface area (Å²) in [6.45, 7) is 0. The number of hydrogen-bond acceptors (Lipinski definition) is 3. The molecule has 4 nitrogen and oxygen atoms in total. The van der Waals surface area contributed by atoms with Crippen LogP contribution in [0.2, 0.25) is 0 Å². The van der Waals surface area contributed by atoms with Crippen molar-refractivity contribution >= 4 is 21.8 Å². The Morgan fingerprint density at radius 3 is 1.18 bits per heavy atom. The minimum absolute atomic E-state index is 0.0106. The maximum absolute atomic E-state index is 9.36. The molecule has 0 spiro atoms. The lowest BCUT2D eigenvalue weighted by molar-refractivity contribution is 1.06. The number of hydrogen-bond donors (Lipinski definition) is 0. The number of rotatable bonds is 8. The van der Waals surface area contributed by atoms with Gasteiger partial charge in [0.25, 0.3) is 0 Å². The fourth-order valence-electron chi connectivity index (χ4n) is 7.92. The zero-order valence-corrected chi connectivity index (χ0v) is 32.6. The van der Waals surface area contributed by atoms with E-state index in [1.807, 2.05) is 140 Å². The normalized spacial score (nSPS) is 13.1.